The second-order valence-corrected chi connectivity index (χ2v) is 9.55. The van der Waals surface area contributed by atoms with Gasteiger partial charge in [0.1, 0.15) is 0 Å². The summed E-state index contributed by atoms with van der Waals surface area (Å²) in [4.78, 5) is 28.4. The van der Waals surface area contributed by atoms with E-state index in [0.717, 1.165) is 27.5 Å². The minimum absolute atomic E-state index is 0.00256. The first-order chi connectivity index (χ1) is 17.8. The van der Waals surface area contributed by atoms with E-state index in [1.807, 2.05) is 79.7 Å². The van der Waals surface area contributed by atoms with Crippen LogP contribution in [0.4, 0.5) is 11.4 Å². The van der Waals surface area contributed by atoms with Gasteiger partial charge in [-0.3, -0.25) is 9.78 Å². The van der Waals surface area contributed by atoms with Crippen LogP contribution in [-0.2, 0) is 4.79 Å². The molecule has 7 nitrogen and oxygen atoms in total. The normalized spacial score (nSPS) is 12.0. The van der Waals surface area contributed by atoms with E-state index in [0.29, 0.717) is 34.0 Å². The highest BCUT2D eigenvalue weighted by atomic mass is 35.5. The standard InChI is InChI=1S/C29H26ClN5O2/c1-34(2)17-26(36)35(3)22-11-9-21(10-12-22)32-28(19-7-6-18-5-4-14-31-24(18)15-19)27-23-13-8-20(30)16-25(23)33-29(27)37/h4-16,33,37H,17H2,1-3H3. The molecule has 0 fully saturated rings. The number of halogens is 1. The number of carbonyl (C=O) groups is 1. The number of aliphatic imine (C=N–C) groups is 1. The maximum absolute atomic E-state index is 12.5. The molecule has 8 heteroatoms. The van der Waals surface area contributed by atoms with Crippen molar-refractivity contribution in [2.24, 2.45) is 4.99 Å². The molecule has 5 aromatic rings. The molecule has 0 atom stereocenters. The summed E-state index contributed by atoms with van der Waals surface area (Å²) in [5.74, 6) is -0.00394. The van der Waals surface area contributed by atoms with Crippen LogP contribution in [-0.4, -0.2) is 59.3 Å². The highest BCUT2D eigenvalue weighted by molar-refractivity contribution is 6.31. The number of anilines is 1. The summed E-state index contributed by atoms with van der Waals surface area (Å²) in [6.45, 7) is 0.320. The molecule has 0 aliphatic carbocycles. The van der Waals surface area contributed by atoms with Gasteiger partial charge in [-0.05, 0) is 62.6 Å². The van der Waals surface area contributed by atoms with Crippen LogP contribution >= 0.6 is 11.6 Å². The van der Waals surface area contributed by atoms with Crippen LogP contribution in [0.2, 0.25) is 5.02 Å². The smallest absolute Gasteiger partial charge is 0.240 e. The number of H-pyrrole nitrogens is 1. The van der Waals surface area contributed by atoms with Crippen LogP contribution in [0.5, 0.6) is 5.88 Å². The Hall–Kier alpha value is -4.20. The van der Waals surface area contributed by atoms with Crippen molar-refractivity contribution < 1.29 is 9.90 Å². The maximum atomic E-state index is 12.5. The van der Waals surface area contributed by atoms with Crippen molar-refractivity contribution in [3.63, 3.8) is 0 Å². The second kappa shape index (κ2) is 10.0. The van der Waals surface area contributed by atoms with Crippen LogP contribution in [0, 0.1) is 0 Å². The molecule has 3 aromatic carbocycles. The number of amides is 1. The lowest BCUT2D eigenvalue weighted by Crippen LogP contribution is -2.34. The van der Waals surface area contributed by atoms with E-state index in [1.165, 1.54) is 0 Å². The summed E-state index contributed by atoms with van der Waals surface area (Å²) in [5, 5.41) is 13.3. The zero-order chi connectivity index (χ0) is 26.1. The molecule has 0 spiro atoms. The second-order valence-electron chi connectivity index (χ2n) is 9.12. The van der Waals surface area contributed by atoms with E-state index >= 15 is 0 Å². The van der Waals surface area contributed by atoms with Crippen molar-refractivity contribution in [2.45, 2.75) is 0 Å². The van der Waals surface area contributed by atoms with Gasteiger partial charge >= 0.3 is 0 Å². The summed E-state index contributed by atoms with van der Waals surface area (Å²) in [6, 6.07) is 22.7. The topological polar surface area (TPSA) is 84.8 Å². The van der Waals surface area contributed by atoms with E-state index in [2.05, 4.69) is 9.97 Å². The molecule has 0 bridgehead atoms. The van der Waals surface area contributed by atoms with Gasteiger partial charge in [0.05, 0.1) is 34.5 Å². The van der Waals surface area contributed by atoms with E-state index in [1.54, 1.807) is 30.3 Å². The van der Waals surface area contributed by atoms with Gasteiger partial charge in [0.25, 0.3) is 0 Å². The third-order valence-electron chi connectivity index (χ3n) is 6.16. The minimum atomic E-state index is -0.00650. The summed E-state index contributed by atoms with van der Waals surface area (Å²) in [6.07, 6.45) is 1.75. The third-order valence-corrected chi connectivity index (χ3v) is 6.40. The van der Waals surface area contributed by atoms with Crippen LogP contribution in [0.25, 0.3) is 21.8 Å². The van der Waals surface area contributed by atoms with Gasteiger partial charge in [-0.2, -0.15) is 0 Å². The SMILES string of the molecule is CN(C)CC(=O)N(C)c1ccc(N=C(c2ccc3cccnc3c2)c2c(O)[nH]c3cc(Cl)ccc23)cc1. The minimum Gasteiger partial charge on any atom is -0.494 e. The largest absolute Gasteiger partial charge is 0.494 e. The van der Waals surface area contributed by atoms with Crippen LogP contribution in [0.15, 0.2) is 84.0 Å². The molecule has 5 rings (SSSR count). The van der Waals surface area contributed by atoms with Crippen molar-refractivity contribution in [1.82, 2.24) is 14.9 Å². The number of hydrogen-bond acceptors (Lipinski definition) is 5. The number of carbonyl (C=O) groups excluding carboxylic acids is 1. The van der Waals surface area contributed by atoms with Crippen LogP contribution < -0.4 is 4.90 Å². The molecule has 0 unspecified atom stereocenters. The number of hydrogen-bond donors (Lipinski definition) is 2. The predicted octanol–water partition coefficient (Wildman–Crippen LogP) is 5.77. The number of aromatic hydroxyl groups is 1. The van der Waals surface area contributed by atoms with Gasteiger partial charge in [0.15, 0.2) is 5.88 Å². The van der Waals surface area contributed by atoms with E-state index < -0.39 is 0 Å². The molecule has 186 valence electrons. The number of rotatable bonds is 6. The molecule has 2 aromatic heterocycles. The quantitative estimate of drug-likeness (QED) is 0.283. The van der Waals surface area contributed by atoms with Gasteiger partial charge in [0, 0.05) is 40.3 Å². The van der Waals surface area contributed by atoms with Crippen molar-refractivity contribution in [3.8, 4) is 5.88 Å². The molecule has 0 aliphatic rings. The van der Waals surface area contributed by atoms with E-state index in [4.69, 9.17) is 16.6 Å². The summed E-state index contributed by atoms with van der Waals surface area (Å²) >= 11 is 6.19. The van der Waals surface area contributed by atoms with Crippen molar-refractivity contribution in [1.29, 1.82) is 0 Å². The lowest BCUT2D eigenvalue weighted by molar-refractivity contribution is -0.118. The average Bonchev–Trinajstić information content (AvgIpc) is 3.21. The number of fused-ring (bicyclic) bond motifs is 2. The van der Waals surface area contributed by atoms with Crippen LogP contribution in [0.3, 0.4) is 0 Å². The fourth-order valence-electron chi connectivity index (χ4n) is 4.27. The average molecular weight is 512 g/mol. The number of aromatic nitrogens is 2. The van der Waals surface area contributed by atoms with E-state index in [9.17, 15) is 9.90 Å². The van der Waals surface area contributed by atoms with Crippen LogP contribution in [0.1, 0.15) is 11.1 Å². The number of pyridine rings is 1. The third kappa shape index (κ3) is 5.05. The number of likely N-dealkylation sites (N-methyl/N-ethyl adjacent to an activating group) is 2. The Morgan fingerprint density at radius 3 is 2.57 bits per heavy atom. The maximum Gasteiger partial charge on any atom is 0.240 e. The lowest BCUT2D eigenvalue weighted by atomic mass is 9.99. The number of benzene rings is 3. The number of nitrogens with one attached hydrogen (secondary N) is 1. The zero-order valence-corrected chi connectivity index (χ0v) is 21.5. The Balaban J connectivity index is 1.62. The zero-order valence-electron chi connectivity index (χ0n) is 20.7. The molecule has 0 radical (unpaired) electrons. The fourth-order valence-corrected chi connectivity index (χ4v) is 4.45. The number of aromatic amines is 1. The molecular formula is C29H26ClN5O2. The monoisotopic (exact) mass is 511 g/mol. The van der Waals surface area contributed by atoms with E-state index in [-0.39, 0.29) is 11.8 Å². The van der Waals surface area contributed by atoms with Crippen molar-refractivity contribution >= 4 is 56.4 Å². The Morgan fingerprint density at radius 1 is 1.03 bits per heavy atom. The molecule has 0 saturated carbocycles. The summed E-state index contributed by atoms with van der Waals surface area (Å²) in [5.41, 5.74) is 4.95. The van der Waals surface area contributed by atoms with Gasteiger partial charge in [-0.1, -0.05) is 35.9 Å². The molecule has 0 saturated heterocycles. The Morgan fingerprint density at radius 2 is 1.81 bits per heavy atom. The first kappa shape index (κ1) is 24.5. The molecule has 1 amide bonds. The van der Waals surface area contributed by atoms with Gasteiger partial charge in [0.2, 0.25) is 5.91 Å². The Labute approximate surface area is 219 Å². The Bertz CT molecular complexity index is 1640. The highest BCUT2D eigenvalue weighted by Crippen LogP contribution is 2.33. The fraction of sp³-hybridized carbons (Fsp3) is 0.138. The molecule has 2 heterocycles. The molecule has 0 aliphatic heterocycles. The predicted molar refractivity (Wildman–Crippen MR) is 150 cm³/mol. The van der Waals surface area contributed by atoms with Crippen molar-refractivity contribution in [2.75, 3.05) is 32.6 Å². The molecular weight excluding hydrogens is 486 g/mol. The molecule has 37 heavy (non-hydrogen) atoms. The Kier molecular flexibility index (Phi) is 6.65. The summed E-state index contributed by atoms with van der Waals surface area (Å²) < 4.78 is 0. The van der Waals surface area contributed by atoms with Gasteiger partial charge in [-0.25, -0.2) is 4.99 Å². The van der Waals surface area contributed by atoms with Crippen molar-refractivity contribution in [3.05, 3.63) is 95.1 Å². The first-order valence-corrected chi connectivity index (χ1v) is 12.1. The highest BCUT2D eigenvalue weighted by Gasteiger charge is 2.20. The first-order valence-electron chi connectivity index (χ1n) is 11.8. The lowest BCUT2D eigenvalue weighted by Gasteiger charge is -2.19. The van der Waals surface area contributed by atoms with Gasteiger partial charge < -0.3 is 19.9 Å². The van der Waals surface area contributed by atoms with Gasteiger partial charge in [-0.15, -0.1) is 0 Å². The summed E-state index contributed by atoms with van der Waals surface area (Å²) in [7, 11) is 5.48. The number of nitrogens with zero attached hydrogens (tertiary/aromatic N) is 4. The molecule has 2 N–H and O–H groups in total.